The minimum Gasteiger partial charge on any atom is -0.341 e. The van der Waals surface area contributed by atoms with Crippen molar-refractivity contribution < 1.29 is 17.6 Å². The van der Waals surface area contributed by atoms with E-state index >= 15 is 0 Å². The first-order valence-corrected chi connectivity index (χ1v) is 8.67. The molecular formula is C14H19FN2O3S. The monoisotopic (exact) mass is 314 g/mol. The third-order valence-corrected chi connectivity index (χ3v) is 4.38. The number of amides is 1. The molecule has 5 nitrogen and oxygen atoms in total. The van der Waals surface area contributed by atoms with Gasteiger partial charge in [-0.05, 0) is 31.0 Å². The molecule has 1 aliphatic heterocycles. The second kappa shape index (κ2) is 6.11. The highest BCUT2D eigenvalue weighted by molar-refractivity contribution is 7.88. The number of hydrogen-bond acceptors (Lipinski definition) is 3. The zero-order valence-electron chi connectivity index (χ0n) is 12.0. The van der Waals surface area contributed by atoms with Crippen molar-refractivity contribution >= 4 is 15.9 Å². The minimum absolute atomic E-state index is 0.167. The van der Waals surface area contributed by atoms with Crippen molar-refractivity contribution in [1.82, 2.24) is 9.62 Å². The number of likely N-dealkylation sites (tertiary alicyclic amines) is 1. The van der Waals surface area contributed by atoms with Crippen LogP contribution in [0.5, 0.6) is 0 Å². The summed E-state index contributed by atoms with van der Waals surface area (Å²) >= 11 is 0. The van der Waals surface area contributed by atoms with E-state index in [1.165, 1.54) is 19.1 Å². The van der Waals surface area contributed by atoms with Gasteiger partial charge in [-0.1, -0.05) is 12.1 Å². The van der Waals surface area contributed by atoms with Crippen LogP contribution in [0.2, 0.25) is 0 Å². The van der Waals surface area contributed by atoms with Crippen molar-refractivity contribution in [3.05, 3.63) is 35.6 Å². The summed E-state index contributed by atoms with van der Waals surface area (Å²) in [6, 6.07) is 5.51. The van der Waals surface area contributed by atoms with Crippen LogP contribution < -0.4 is 4.72 Å². The first-order chi connectivity index (χ1) is 9.76. The Kier molecular flexibility index (Phi) is 4.63. The van der Waals surface area contributed by atoms with Crippen LogP contribution in [-0.4, -0.2) is 44.6 Å². The minimum atomic E-state index is -3.41. The van der Waals surface area contributed by atoms with Crippen LogP contribution in [0.3, 0.4) is 0 Å². The van der Waals surface area contributed by atoms with Gasteiger partial charge in [0.05, 0.1) is 12.3 Å². The van der Waals surface area contributed by atoms with Gasteiger partial charge in [0.15, 0.2) is 0 Å². The van der Waals surface area contributed by atoms with Crippen LogP contribution in [0.25, 0.3) is 0 Å². The van der Waals surface area contributed by atoms with Gasteiger partial charge in [0.2, 0.25) is 15.9 Å². The Morgan fingerprint density at radius 3 is 2.57 bits per heavy atom. The Labute approximate surface area is 124 Å². The Hall–Kier alpha value is -1.47. The molecule has 0 saturated carbocycles. The third-order valence-electron chi connectivity index (χ3n) is 3.60. The van der Waals surface area contributed by atoms with Crippen LogP contribution in [0, 0.1) is 5.82 Å². The van der Waals surface area contributed by atoms with Crippen molar-refractivity contribution in [3.8, 4) is 0 Å². The normalized spacial score (nSPS) is 20.5. The van der Waals surface area contributed by atoms with Crippen LogP contribution in [0.1, 0.15) is 24.8 Å². The zero-order chi connectivity index (χ0) is 15.6. The van der Waals surface area contributed by atoms with Crippen molar-refractivity contribution in [1.29, 1.82) is 0 Å². The van der Waals surface area contributed by atoms with Crippen molar-refractivity contribution in [3.63, 3.8) is 0 Å². The van der Waals surface area contributed by atoms with E-state index in [4.69, 9.17) is 0 Å². The molecular weight excluding hydrogens is 295 g/mol. The number of hydrogen-bond donors (Lipinski definition) is 1. The molecule has 0 aromatic heterocycles. The second-order valence-corrected chi connectivity index (χ2v) is 7.21. The van der Waals surface area contributed by atoms with Gasteiger partial charge in [-0.2, -0.15) is 0 Å². The molecule has 0 spiro atoms. The molecule has 2 atom stereocenters. The maximum atomic E-state index is 12.9. The fraction of sp³-hybridized carbons (Fsp3) is 0.500. The first kappa shape index (κ1) is 15.9. The summed E-state index contributed by atoms with van der Waals surface area (Å²) in [7, 11) is -3.41. The molecule has 1 fully saturated rings. The lowest BCUT2D eigenvalue weighted by Gasteiger charge is -2.21. The van der Waals surface area contributed by atoms with E-state index in [9.17, 15) is 17.6 Å². The van der Waals surface area contributed by atoms with E-state index in [0.29, 0.717) is 13.1 Å². The molecule has 0 unspecified atom stereocenters. The lowest BCUT2D eigenvalue weighted by molar-refractivity contribution is -0.131. The van der Waals surface area contributed by atoms with Gasteiger partial charge >= 0.3 is 0 Å². The summed E-state index contributed by atoms with van der Waals surface area (Å²) in [5.74, 6) is -0.347. The molecule has 1 saturated heterocycles. The Bertz CT molecular complexity index is 616. The predicted octanol–water partition coefficient (Wildman–Crippen LogP) is 1.08. The first-order valence-electron chi connectivity index (χ1n) is 6.78. The summed E-state index contributed by atoms with van der Waals surface area (Å²) in [4.78, 5) is 13.8. The number of benzene rings is 1. The molecule has 1 amide bonds. The lowest BCUT2D eigenvalue weighted by atomic mass is 9.99. The van der Waals surface area contributed by atoms with Gasteiger partial charge in [0.25, 0.3) is 0 Å². The lowest BCUT2D eigenvalue weighted by Crippen LogP contribution is -2.45. The van der Waals surface area contributed by atoms with Gasteiger partial charge in [-0.25, -0.2) is 17.5 Å². The smallest absolute Gasteiger partial charge is 0.240 e. The van der Waals surface area contributed by atoms with Crippen LogP contribution >= 0.6 is 0 Å². The summed E-state index contributed by atoms with van der Waals surface area (Å²) in [5.41, 5.74) is 0.996. The van der Waals surface area contributed by atoms with Crippen LogP contribution in [-0.2, 0) is 14.8 Å². The maximum absolute atomic E-state index is 12.9. The maximum Gasteiger partial charge on any atom is 0.240 e. The number of carbonyl (C=O) groups excluding carboxylic acids is 1. The van der Waals surface area contributed by atoms with Gasteiger partial charge in [0.1, 0.15) is 5.82 Å². The van der Waals surface area contributed by atoms with Crippen molar-refractivity contribution in [2.45, 2.75) is 25.3 Å². The Morgan fingerprint density at radius 1 is 1.38 bits per heavy atom. The molecule has 21 heavy (non-hydrogen) atoms. The van der Waals surface area contributed by atoms with Crippen molar-refractivity contribution in [2.75, 3.05) is 19.3 Å². The Morgan fingerprint density at radius 2 is 2.00 bits per heavy atom. The number of halogens is 1. The van der Waals surface area contributed by atoms with E-state index in [1.807, 2.05) is 0 Å². The highest BCUT2D eigenvalue weighted by atomic mass is 32.2. The van der Waals surface area contributed by atoms with Gasteiger partial charge < -0.3 is 4.90 Å². The van der Waals surface area contributed by atoms with E-state index in [0.717, 1.165) is 18.2 Å². The summed E-state index contributed by atoms with van der Waals surface area (Å²) in [5, 5.41) is 0. The third kappa shape index (κ3) is 4.25. The highest BCUT2D eigenvalue weighted by Gasteiger charge is 2.30. The largest absolute Gasteiger partial charge is 0.341 e. The van der Waals surface area contributed by atoms with Gasteiger partial charge in [-0.15, -0.1) is 0 Å². The van der Waals surface area contributed by atoms with Crippen molar-refractivity contribution in [2.24, 2.45) is 0 Å². The second-order valence-electron chi connectivity index (χ2n) is 5.43. The molecule has 2 rings (SSSR count). The zero-order valence-corrected chi connectivity index (χ0v) is 12.9. The summed E-state index contributed by atoms with van der Waals surface area (Å²) in [6.07, 6.45) is 1.82. The average Bonchev–Trinajstić information content (AvgIpc) is 2.86. The number of rotatable bonds is 4. The number of sulfonamides is 1. The van der Waals surface area contributed by atoms with E-state index in [1.54, 1.807) is 17.0 Å². The van der Waals surface area contributed by atoms with E-state index < -0.39 is 16.1 Å². The number of carbonyl (C=O) groups is 1. The average molecular weight is 314 g/mol. The van der Waals surface area contributed by atoms with Gasteiger partial charge in [0, 0.05) is 19.0 Å². The summed E-state index contributed by atoms with van der Waals surface area (Å²) in [6.45, 7) is 2.64. The fourth-order valence-electron chi connectivity index (χ4n) is 2.61. The van der Waals surface area contributed by atoms with Crippen LogP contribution in [0.4, 0.5) is 4.39 Å². The van der Waals surface area contributed by atoms with E-state index in [-0.39, 0.29) is 17.6 Å². The molecule has 7 heteroatoms. The molecule has 116 valence electrons. The topological polar surface area (TPSA) is 66.5 Å². The molecule has 1 aromatic rings. The standard InChI is InChI=1S/C14H19FN2O3S/c1-10(16-21(2,19)20)14(18)17-8-7-12(9-17)11-3-5-13(15)6-4-11/h3-6,10,12,16H,7-9H2,1-2H3/t10-,12+/m1/s1. The fourth-order valence-corrected chi connectivity index (χ4v) is 3.36. The molecule has 0 radical (unpaired) electrons. The molecule has 0 aliphatic carbocycles. The quantitative estimate of drug-likeness (QED) is 0.904. The van der Waals surface area contributed by atoms with Gasteiger partial charge in [-0.3, -0.25) is 4.79 Å². The Balaban J connectivity index is 1.98. The number of nitrogens with one attached hydrogen (secondary N) is 1. The summed E-state index contributed by atoms with van der Waals surface area (Å²) < 4.78 is 37.5. The number of nitrogens with zero attached hydrogens (tertiary/aromatic N) is 1. The SMILES string of the molecule is C[C@@H](NS(C)(=O)=O)C(=O)N1CC[C@H](c2ccc(F)cc2)C1. The molecule has 1 N–H and O–H groups in total. The molecule has 1 aromatic carbocycles. The molecule has 1 aliphatic rings. The van der Waals surface area contributed by atoms with Crippen LogP contribution in [0.15, 0.2) is 24.3 Å². The van der Waals surface area contributed by atoms with E-state index in [2.05, 4.69) is 4.72 Å². The molecule has 1 heterocycles. The highest BCUT2D eigenvalue weighted by Crippen LogP contribution is 2.27. The predicted molar refractivity (Wildman–Crippen MR) is 77.8 cm³/mol. The molecule has 0 bridgehead atoms.